The second-order valence-electron chi connectivity index (χ2n) is 7.24. The Balaban J connectivity index is 1.52. The van der Waals surface area contributed by atoms with Crippen molar-refractivity contribution in [3.8, 4) is 0 Å². The van der Waals surface area contributed by atoms with Crippen LogP contribution < -0.4 is 10.2 Å². The number of benzene rings is 1. The summed E-state index contributed by atoms with van der Waals surface area (Å²) in [6.07, 6.45) is 2.39. The number of para-hydroxylation sites is 1. The Morgan fingerprint density at radius 3 is 2.84 bits per heavy atom. The first-order valence-electron chi connectivity index (χ1n) is 9.63. The van der Waals surface area contributed by atoms with Crippen molar-refractivity contribution in [2.45, 2.75) is 19.8 Å². The quantitative estimate of drug-likeness (QED) is 0.636. The Bertz CT molecular complexity index is 542. The maximum absolute atomic E-state index is 5.50. The van der Waals surface area contributed by atoms with Crippen LogP contribution in [-0.2, 0) is 4.74 Å². The van der Waals surface area contributed by atoms with Crippen LogP contribution >= 0.6 is 0 Å². The molecule has 1 aromatic rings. The van der Waals surface area contributed by atoms with Gasteiger partial charge < -0.3 is 19.9 Å². The summed E-state index contributed by atoms with van der Waals surface area (Å²) in [5, 5.41) is 3.44. The molecule has 2 saturated heterocycles. The summed E-state index contributed by atoms with van der Waals surface area (Å²) in [6.45, 7) is 8.99. The molecule has 0 aliphatic carbocycles. The van der Waals surface area contributed by atoms with E-state index >= 15 is 0 Å². The molecule has 0 radical (unpaired) electrons. The summed E-state index contributed by atoms with van der Waals surface area (Å²) in [6, 6.07) is 10.7. The predicted octanol–water partition coefficient (Wildman–Crippen LogP) is 2.45. The first-order valence-corrected chi connectivity index (χ1v) is 9.63. The largest absolute Gasteiger partial charge is 0.381 e. The van der Waals surface area contributed by atoms with Gasteiger partial charge in [-0.2, -0.15) is 0 Å². The molecule has 2 aliphatic heterocycles. The van der Waals surface area contributed by atoms with Gasteiger partial charge in [-0.3, -0.25) is 4.99 Å². The summed E-state index contributed by atoms with van der Waals surface area (Å²) in [5.74, 6) is 2.30. The molecule has 1 N–H and O–H groups in total. The molecule has 1 aromatic carbocycles. The van der Waals surface area contributed by atoms with E-state index in [0.29, 0.717) is 11.8 Å². The lowest BCUT2D eigenvalue weighted by atomic mass is 10.1. The number of aliphatic imine (C=N–C) groups is 1. The molecule has 0 saturated carbocycles. The smallest absolute Gasteiger partial charge is 0.193 e. The molecular weight excluding hydrogens is 312 g/mol. The van der Waals surface area contributed by atoms with Crippen molar-refractivity contribution >= 4 is 11.6 Å². The van der Waals surface area contributed by atoms with E-state index in [1.54, 1.807) is 0 Å². The second kappa shape index (κ2) is 9.09. The Morgan fingerprint density at radius 1 is 1.28 bits per heavy atom. The normalized spacial score (nSPS) is 23.9. The number of nitrogens with zero attached hydrogens (tertiary/aromatic N) is 3. The number of rotatable bonds is 6. The van der Waals surface area contributed by atoms with E-state index in [0.717, 1.165) is 51.9 Å². The maximum Gasteiger partial charge on any atom is 0.193 e. The molecule has 2 unspecified atom stereocenters. The third kappa shape index (κ3) is 5.11. The van der Waals surface area contributed by atoms with E-state index in [1.165, 1.54) is 18.5 Å². The molecule has 0 spiro atoms. The van der Waals surface area contributed by atoms with Gasteiger partial charge in [-0.15, -0.1) is 0 Å². The summed E-state index contributed by atoms with van der Waals surface area (Å²) in [7, 11) is 2.14. The monoisotopic (exact) mass is 344 g/mol. The minimum atomic E-state index is 0.633. The van der Waals surface area contributed by atoms with Gasteiger partial charge in [-0.1, -0.05) is 18.2 Å². The summed E-state index contributed by atoms with van der Waals surface area (Å²) in [4.78, 5) is 9.68. The average Bonchev–Trinajstić information content (AvgIpc) is 3.31. The Hall–Kier alpha value is -1.75. The van der Waals surface area contributed by atoms with Crippen LogP contribution in [0.2, 0.25) is 0 Å². The first-order chi connectivity index (χ1) is 12.3. The van der Waals surface area contributed by atoms with Crippen LogP contribution in [0.4, 0.5) is 5.69 Å². The number of anilines is 1. The molecule has 2 fully saturated rings. The van der Waals surface area contributed by atoms with Crippen molar-refractivity contribution in [1.29, 1.82) is 0 Å². The number of hydrogen-bond acceptors (Lipinski definition) is 3. The topological polar surface area (TPSA) is 40.1 Å². The number of guanidine groups is 1. The van der Waals surface area contributed by atoms with Gasteiger partial charge in [0, 0.05) is 58.0 Å². The lowest BCUT2D eigenvalue weighted by molar-refractivity contribution is 0.181. The minimum Gasteiger partial charge on any atom is -0.381 e. The number of nitrogens with one attached hydrogen (secondary N) is 1. The third-order valence-corrected chi connectivity index (χ3v) is 5.16. The van der Waals surface area contributed by atoms with Crippen LogP contribution in [0.1, 0.15) is 19.8 Å². The van der Waals surface area contributed by atoms with Gasteiger partial charge in [0.15, 0.2) is 5.96 Å². The van der Waals surface area contributed by atoms with E-state index in [2.05, 4.69) is 59.4 Å². The first kappa shape index (κ1) is 18.1. The van der Waals surface area contributed by atoms with Crippen molar-refractivity contribution < 1.29 is 4.74 Å². The van der Waals surface area contributed by atoms with Gasteiger partial charge >= 0.3 is 0 Å². The summed E-state index contributed by atoms with van der Waals surface area (Å²) >= 11 is 0. The van der Waals surface area contributed by atoms with Crippen molar-refractivity contribution in [1.82, 2.24) is 10.2 Å². The van der Waals surface area contributed by atoms with Crippen molar-refractivity contribution in [3.05, 3.63) is 30.3 Å². The highest BCUT2D eigenvalue weighted by atomic mass is 16.5. The van der Waals surface area contributed by atoms with Crippen molar-refractivity contribution in [2.75, 3.05) is 57.9 Å². The van der Waals surface area contributed by atoms with Crippen molar-refractivity contribution in [2.24, 2.45) is 16.8 Å². The number of ether oxygens (including phenoxy) is 1. The minimum absolute atomic E-state index is 0.633. The van der Waals surface area contributed by atoms with Crippen LogP contribution in [0.15, 0.2) is 35.3 Å². The van der Waals surface area contributed by atoms with E-state index in [4.69, 9.17) is 9.73 Å². The van der Waals surface area contributed by atoms with Crippen LogP contribution in [0.25, 0.3) is 0 Å². The maximum atomic E-state index is 5.50. The standard InChI is InChI=1S/C20H32N4O/c1-3-21-20(23(2)14-18-10-12-25-16-18)22-13-17-9-11-24(15-17)19-7-5-4-6-8-19/h4-8,17-18H,3,9-16H2,1-2H3,(H,21,22). The molecule has 0 aromatic heterocycles. The lowest BCUT2D eigenvalue weighted by Gasteiger charge is -2.25. The van der Waals surface area contributed by atoms with Crippen LogP contribution in [0.3, 0.4) is 0 Å². The fraction of sp³-hybridized carbons (Fsp3) is 0.650. The van der Waals surface area contributed by atoms with Gasteiger partial charge in [-0.25, -0.2) is 0 Å². The van der Waals surface area contributed by atoms with E-state index in [9.17, 15) is 0 Å². The van der Waals surface area contributed by atoms with Crippen LogP contribution in [0, 0.1) is 11.8 Å². The molecule has 2 aliphatic rings. The molecule has 3 rings (SSSR count). The fourth-order valence-corrected chi connectivity index (χ4v) is 3.74. The molecule has 138 valence electrons. The Labute approximate surface area is 152 Å². The highest BCUT2D eigenvalue weighted by molar-refractivity contribution is 5.79. The Morgan fingerprint density at radius 2 is 2.12 bits per heavy atom. The SMILES string of the molecule is CCNC(=NCC1CCN(c2ccccc2)C1)N(C)CC1CCOC1. The average molecular weight is 345 g/mol. The van der Waals surface area contributed by atoms with E-state index in [-0.39, 0.29) is 0 Å². The van der Waals surface area contributed by atoms with Gasteiger partial charge in [0.25, 0.3) is 0 Å². The van der Waals surface area contributed by atoms with Gasteiger partial charge in [0.1, 0.15) is 0 Å². The highest BCUT2D eigenvalue weighted by Gasteiger charge is 2.23. The summed E-state index contributed by atoms with van der Waals surface area (Å²) < 4.78 is 5.50. The van der Waals surface area contributed by atoms with Crippen LogP contribution in [-0.4, -0.2) is 63.8 Å². The third-order valence-electron chi connectivity index (χ3n) is 5.16. The zero-order valence-electron chi connectivity index (χ0n) is 15.7. The lowest BCUT2D eigenvalue weighted by Crippen LogP contribution is -2.41. The number of hydrogen-bond donors (Lipinski definition) is 1. The fourth-order valence-electron chi connectivity index (χ4n) is 3.74. The van der Waals surface area contributed by atoms with Crippen molar-refractivity contribution in [3.63, 3.8) is 0 Å². The van der Waals surface area contributed by atoms with Crippen LogP contribution in [0.5, 0.6) is 0 Å². The van der Waals surface area contributed by atoms with Gasteiger partial charge in [0.2, 0.25) is 0 Å². The molecular formula is C20H32N4O. The van der Waals surface area contributed by atoms with E-state index < -0.39 is 0 Å². The van der Waals surface area contributed by atoms with Gasteiger partial charge in [0.05, 0.1) is 6.61 Å². The van der Waals surface area contributed by atoms with Gasteiger partial charge in [-0.05, 0) is 37.8 Å². The molecule has 2 heterocycles. The molecule has 2 atom stereocenters. The molecule has 5 heteroatoms. The molecule has 5 nitrogen and oxygen atoms in total. The molecule has 25 heavy (non-hydrogen) atoms. The predicted molar refractivity (Wildman–Crippen MR) is 104 cm³/mol. The zero-order valence-corrected chi connectivity index (χ0v) is 15.7. The summed E-state index contributed by atoms with van der Waals surface area (Å²) in [5.41, 5.74) is 1.33. The second-order valence-corrected chi connectivity index (χ2v) is 7.24. The molecule has 0 amide bonds. The Kier molecular flexibility index (Phi) is 6.56. The van der Waals surface area contributed by atoms with E-state index in [1.807, 2.05) is 0 Å². The zero-order chi connectivity index (χ0) is 17.5. The molecule has 0 bridgehead atoms. The highest BCUT2D eigenvalue weighted by Crippen LogP contribution is 2.23.